The van der Waals surface area contributed by atoms with E-state index in [0.29, 0.717) is 5.56 Å². The first-order valence-electron chi connectivity index (χ1n) is 6.40. The zero-order valence-electron chi connectivity index (χ0n) is 11.8. The highest BCUT2D eigenvalue weighted by molar-refractivity contribution is 5.99. The molecular weight excluding hydrogens is 256 g/mol. The first-order valence-corrected chi connectivity index (χ1v) is 6.40. The Morgan fingerprint density at radius 3 is 2.55 bits per heavy atom. The fourth-order valence-corrected chi connectivity index (χ4v) is 2.09. The Labute approximate surface area is 117 Å². The summed E-state index contributed by atoms with van der Waals surface area (Å²) in [5.74, 6) is -1.29. The van der Waals surface area contributed by atoms with Crippen LogP contribution in [0.3, 0.4) is 0 Å². The van der Waals surface area contributed by atoms with Gasteiger partial charge in [-0.1, -0.05) is 0 Å². The van der Waals surface area contributed by atoms with Gasteiger partial charge in [-0.2, -0.15) is 0 Å². The second-order valence-electron chi connectivity index (χ2n) is 5.74. The van der Waals surface area contributed by atoms with Crippen LogP contribution in [0.1, 0.15) is 31.1 Å². The predicted molar refractivity (Wildman–Crippen MR) is 76.7 cm³/mol. The average Bonchev–Trinajstić information content (AvgIpc) is 2.80. The lowest BCUT2D eigenvalue weighted by Gasteiger charge is -2.34. The maximum Gasteiger partial charge on any atom is 0.323 e. The molecule has 0 fully saturated rings. The van der Waals surface area contributed by atoms with E-state index in [4.69, 9.17) is 5.11 Å². The third-order valence-corrected chi connectivity index (χ3v) is 3.15. The fraction of sp³-hybridized carbons (Fsp3) is 0.333. The lowest BCUT2D eigenvalue weighted by atomic mass is 10.0. The van der Waals surface area contributed by atoms with Gasteiger partial charge in [0, 0.05) is 28.2 Å². The monoisotopic (exact) mass is 274 g/mol. The second kappa shape index (κ2) is 5.00. The Bertz CT molecular complexity index is 652. The Balaban J connectivity index is 2.37. The number of aromatic nitrogens is 1. The van der Waals surface area contributed by atoms with Gasteiger partial charge in [-0.05, 0) is 45.0 Å². The van der Waals surface area contributed by atoms with Crippen LogP contribution in [-0.2, 0) is 4.79 Å². The van der Waals surface area contributed by atoms with Crippen molar-refractivity contribution < 1.29 is 14.7 Å². The van der Waals surface area contributed by atoms with Gasteiger partial charge in [0.05, 0.1) is 0 Å². The van der Waals surface area contributed by atoms with Gasteiger partial charge in [0.15, 0.2) is 0 Å². The molecule has 0 radical (unpaired) electrons. The maximum atomic E-state index is 12.5. The van der Waals surface area contributed by atoms with E-state index in [1.54, 1.807) is 18.3 Å². The molecule has 5 heteroatoms. The molecule has 106 valence electrons. The predicted octanol–water partition coefficient (Wildman–Crippen LogP) is 2.49. The molecule has 20 heavy (non-hydrogen) atoms. The third-order valence-electron chi connectivity index (χ3n) is 3.15. The maximum absolute atomic E-state index is 12.5. The van der Waals surface area contributed by atoms with Crippen LogP contribution >= 0.6 is 0 Å². The summed E-state index contributed by atoms with van der Waals surface area (Å²) in [7, 11) is 0. The van der Waals surface area contributed by atoms with Gasteiger partial charge in [-0.25, -0.2) is 0 Å². The molecule has 1 amide bonds. The molecule has 0 saturated heterocycles. The molecule has 0 spiro atoms. The summed E-state index contributed by atoms with van der Waals surface area (Å²) in [6, 6.07) is 7.19. The molecule has 2 N–H and O–H groups in total. The van der Waals surface area contributed by atoms with Crippen molar-refractivity contribution in [2.45, 2.75) is 26.3 Å². The van der Waals surface area contributed by atoms with Crippen molar-refractivity contribution in [2.75, 3.05) is 6.54 Å². The van der Waals surface area contributed by atoms with E-state index in [2.05, 4.69) is 4.98 Å². The number of nitrogens with one attached hydrogen (secondary N) is 1. The summed E-state index contributed by atoms with van der Waals surface area (Å²) in [4.78, 5) is 27.9. The van der Waals surface area contributed by atoms with Crippen molar-refractivity contribution in [1.29, 1.82) is 0 Å². The minimum atomic E-state index is -1.02. The smallest absolute Gasteiger partial charge is 0.323 e. The van der Waals surface area contributed by atoms with Gasteiger partial charge in [0.2, 0.25) is 0 Å². The van der Waals surface area contributed by atoms with Crippen molar-refractivity contribution in [3.05, 3.63) is 36.0 Å². The van der Waals surface area contributed by atoms with Crippen LogP contribution in [0.15, 0.2) is 30.5 Å². The summed E-state index contributed by atoms with van der Waals surface area (Å²) in [6.45, 7) is 5.15. The van der Waals surface area contributed by atoms with Crippen LogP contribution in [0.4, 0.5) is 0 Å². The Morgan fingerprint density at radius 1 is 1.25 bits per heavy atom. The number of aliphatic carboxylic acids is 1. The van der Waals surface area contributed by atoms with Crippen LogP contribution in [0.5, 0.6) is 0 Å². The molecule has 1 heterocycles. The van der Waals surface area contributed by atoms with Crippen LogP contribution < -0.4 is 0 Å². The van der Waals surface area contributed by atoms with E-state index in [-0.39, 0.29) is 12.5 Å². The van der Waals surface area contributed by atoms with Crippen LogP contribution in [0, 0.1) is 0 Å². The number of aromatic amines is 1. The van der Waals surface area contributed by atoms with Crippen molar-refractivity contribution in [1.82, 2.24) is 9.88 Å². The highest BCUT2D eigenvalue weighted by atomic mass is 16.4. The molecule has 1 aromatic carbocycles. The topological polar surface area (TPSA) is 73.4 Å². The number of benzene rings is 1. The Morgan fingerprint density at radius 2 is 1.95 bits per heavy atom. The van der Waals surface area contributed by atoms with Crippen molar-refractivity contribution in [2.24, 2.45) is 0 Å². The van der Waals surface area contributed by atoms with Crippen molar-refractivity contribution in [3.63, 3.8) is 0 Å². The largest absolute Gasteiger partial charge is 0.480 e. The van der Waals surface area contributed by atoms with Crippen molar-refractivity contribution in [3.8, 4) is 0 Å². The zero-order valence-corrected chi connectivity index (χ0v) is 11.8. The average molecular weight is 274 g/mol. The Kier molecular flexibility index (Phi) is 3.53. The standard InChI is InChI=1S/C15H18N2O3/c1-15(2,3)17(9-13(18)19)14(20)11-4-5-12-10(8-11)6-7-16-12/h4-8,16H,9H2,1-3H3,(H,18,19). The van der Waals surface area contributed by atoms with Crippen LogP contribution in [-0.4, -0.2) is 39.0 Å². The van der Waals surface area contributed by atoms with E-state index >= 15 is 0 Å². The summed E-state index contributed by atoms with van der Waals surface area (Å²) in [5.41, 5.74) is 0.887. The molecule has 0 aliphatic heterocycles. The van der Waals surface area contributed by atoms with Gasteiger partial charge >= 0.3 is 5.97 Å². The first kappa shape index (κ1) is 14.1. The van der Waals surface area contributed by atoms with Gasteiger partial charge in [-0.15, -0.1) is 0 Å². The second-order valence-corrected chi connectivity index (χ2v) is 5.74. The number of rotatable bonds is 3. The lowest BCUT2D eigenvalue weighted by Crippen LogP contribution is -2.48. The van der Waals surface area contributed by atoms with E-state index in [1.165, 1.54) is 4.90 Å². The highest BCUT2D eigenvalue weighted by Gasteiger charge is 2.29. The van der Waals surface area contributed by atoms with E-state index in [1.807, 2.05) is 32.9 Å². The number of carboxylic acid groups (broad SMARTS) is 1. The quantitative estimate of drug-likeness (QED) is 0.903. The SMILES string of the molecule is CC(C)(C)N(CC(=O)O)C(=O)c1ccc2[nH]ccc2c1. The molecule has 0 saturated carbocycles. The normalized spacial score (nSPS) is 11.6. The van der Waals surface area contributed by atoms with Gasteiger partial charge in [0.25, 0.3) is 5.91 Å². The number of carbonyl (C=O) groups is 2. The number of fused-ring (bicyclic) bond motifs is 1. The number of carboxylic acids is 1. The fourth-order valence-electron chi connectivity index (χ4n) is 2.09. The third kappa shape index (κ3) is 2.82. The molecule has 2 rings (SSSR count). The summed E-state index contributed by atoms with van der Waals surface area (Å²) in [5, 5.41) is 9.91. The molecular formula is C15H18N2O3. The number of H-pyrrole nitrogens is 1. The van der Waals surface area contributed by atoms with E-state index < -0.39 is 11.5 Å². The summed E-state index contributed by atoms with van der Waals surface area (Å²) < 4.78 is 0. The van der Waals surface area contributed by atoms with E-state index in [9.17, 15) is 9.59 Å². The van der Waals surface area contributed by atoms with Crippen LogP contribution in [0.25, 0.3) is 10.9 Å². The van der Waals surface area contributed by atoms with Gasteiger partial charge in [-0.3, -0.25) is 9.59 Å². The first-order chi connectivity index (χ1) is 9.29. The zero-order chi connectivity index (χ0) is 14.9. The van der Waals surface area contributed by atoms with Gasteiger partial charge < -0.3 is 15.0 Å². The minimum absolute atomic E-state index is 0.275. The molecule has 1 aromatic heterocycles. The molecule has 5 nitrogen and oxygen atoms in total. The van der Waals surface area contributed by atoms with Crippen LogP contribution in [0.2, 0.25) is 0 Å². The van der Waals surface area contributed by atoms with Crippen molar-refractivity contribution >= 4 is 22.8 Å². The molecule has 0 aliphatic rings. The number of amides is 1. The lowest BCUT2D eigenvalue weighted by molar-refractivity contribution is -0.138. The molecule has 2 aromatic rings. The number of hydrogen-bond donors (Lipinski definition) is 2. The highest BCUT2D eigenvalue weighted by Crippen LogP contribution is 2.20. The molecule has 0 aliphatic carbocycles. The summed E-state index contributed by atoms with van der Waals surface area (Å²) in [6.07, 6.45) is 1.80. The number of hydrogen-bond acceptors (Lipinski definition) is 2. The Hall–Kier alpha value is -2.30. The minimum Gasteiger partial charge on any atom is -0.480 e. The number of carbonyl (C=O) groups excluding carboxylic acids is 1. The molecule has 0 bridgehead atoms. The van der Waals surface area contributed by atoms with Gasteiger partial charge in [0.1, 0.15) is 6.54 Å². The molecule has 0 unspecified atom stereocenters. The number of nitrogens with zero attached hydrogens (tertiary/aromatic N) is 1. The molecule has 0 atom stereocenters. The summed E-state index contributed by atoms with van der Waals surface area (Å²) >= 11 is 0. The van der Waals surface area contributed by atoms with E-state index in [0.717, 1.165) is 10.9 Å².